The molecule has 1 amide bonds. The average molecular weight is 390 g/mol. The molecule has 2 atom stereocenters. The summed E-state index contributed by atoms with van der Waals surface area (Å²) in [6.45, 7) is 1.75. The number of rotatable bonds is 6. The molecule has 0 heterocycles. The number of benzene rings is 1. The summed E-state index contributed by atoms with van der Waals surface area (Å²) in [6.07, 6.45) is 1.17. The number of hydrogen-bond acceptors (Lipinski definition) is 4. The predicted octanol–water partition coefficient (Wildman–Crippen LogP) is 2.35. The maximum absolute atomic E-state index is 11.9. The summed E-state index contributed by atoms with van der Waals surface area (Å²) in [6, 6.07) is 3.87. The lowest BCUT2D eigenvalue weighted by Gasteiger charge is -2.19. The summed E-state index contributed by atoms with van der Waals surface area (Å²) >= 11 is 12.0. The fraction of sp³-hybridized carbons (Fsp3) is 0.462. The Bertz CT molecular complexity index is 623. The van der Waals surface area contributed by atoms with E-state index in [9.17, 15) is 13.2 Å². The third-order valence-corrected chi connectivity index (χ3v) is 4.75. The summed E-state index contributed by atoms with van der Waals surface area (Å²) in [5, 5.41) is 3.47. The molecule has 0 aliphatic heterocycles. The smallest absolute Gasteiger partial charge is 0.237 e. The summed E-state index contributed by atoms with van der Waals surface area (Å²) < 4.78 is 22.1. The molecule has 22 heavy (non-hydrogen) atoms. The van der Waals surface area contributed by atoms with Crippen LogP contribution in [-0.2, 0) is 14.6 Å². The van der Waals surface area contributed by atoms with Crippen molar-refractivity contribution in [1.82, 2.24) is 5.32 Å². The van der Waals surface area contributed by atoms with E-state index in [0.717, 1.165) is 6.26 Å². The van der Waals surface area contributed by atoms with Gasteiger partial charge in [0.2, 0.25) is 5.91 Å². The Morgan fingerprint density at radius 2 is 1.95 bits per heavy atom. The van der Waals surface area contributed by atoms with Crippen LogP contribution in [0.2, 0.25) is 10.0 Å². The molecule has 0 aromatic heterocycles. The fourth-order valence-corrected chi connectivity index (χ4v) is 2.88. The number of carbonyl (C=O) groups excluding carboxylic acids is 1. The van der Waals surface area contributed by atoms with E-state index in [2.05, 4.69) is 5.32 Å². The second-order valence-electron chi connectivity index (χ2n) is 4.90. The largest absolute Gasteiger partial charge is 0.348 e. The highest BCUT2D eigenvalue weighted by Crippen LogP contribution is 2.29. The minimum absolute atomic E-state index is 0. The Morgan fingerprint density at radius 1 is 1.36 bits per heavy atom. The standard InChI is InChI=1S/C13H18Cl2N2O3S.ClH/c1-8(9-4-3-5-10(14)12(9)15)17-13(18)11(16)6-7-21(2,19)20;/h3-5,8,11H,6-7,16H2,1-2H3,(H,17,18);1H. The summed E-state index contributed by atoms with van der Waals surface area (Å²) in [5.74, 6) is -0.560. The number of amides is 1. The van der Waals surface area contributed by atoms with Gasteiger partial charge in [0.05, 0.1) is 27.9 Å². The Kier molecular flexibility index (Phi) is 8.72. The van der Waals surface area contributed by atoms with Crippen LogP contribution < -0.4 is 11.1 Å². The fourth-order valence-electron chi connectivity index (χ4n) is 1.73. The van der Waals surface area contributed by atoms with Gasteiger partial charge < -0.3 is 11.1 Å². The minimum Gasteiger partial charge on any atom is -0.348 e. The van der Waals surface area contributed by atoms with Gasteiger partial charge in [-0.15, -0.1) is 12.4 Å². The van der Waals surface area contributed by atoms with Crippen molar-refractivity contribution in [2.45, 2.75) is 25.4 Å². The van der Waals surface area contributed by atoms with E-state index in [1.54, 1.807) is 25.1 Å². The normalized spacial score (nSPS) is 13.9. The maximum atomic E-state index is 11.9. The molecule has 126 valence electrons. The van der Waals surface area contributed by atoms with Crippen LogP contribution in [0.25, 0.3) is 0 Å². The van der Waals surface area contributed by atoms with Crippen molar-refractivity contribution in [3.8, 4) is 0 Å². The number of sulfone groups is 1. The van der Waals surface area contributed by atoms with Gasteiger partial charge in [0.15, 0.2) is 0 Å². The van der Waals surface area contributed by atoms with E-state index in [1.807, 2.05) is 0 Å². The highest BCUT2D eigenvalue weighted by atomic mass is 35.5. The molecule has 3 N–H and O–H groups in total. The van der Waals surface area contributed by atoms with Crippen molar-refractivity contribution >= 4 is 51.4 Å². The second kappa shape index (κ2) is 8.93. The summed E-state index contributed by atoms with van der Waals surface area (Å²) in [4.78, 5) is 11.9. The van der Waals surface area contributed by atoms with Gasteiger partial charge in [0, 0.05) is 6.26 Å². The molecule has 0 bridgehead atoms. The SMILES string of the molecule is CC(NC(=O)C(N)CCS(C)(=O)=O)c1cccc(Cl)c1Cl.Cl. The van der Waals surface area contributed by atoms with Crippen molar-refractivity contribution in [1.29, 1.82) is 0 Å². The molecule has 0 radical (unpaired) electrons. The number of hydrogen-bond donors (Lipinski definition) is 2. The molecule has 2 unspecified atom stereocenters. The zero-order chi connectivity index (χ0) is 16.2. The van der Waals surface area contributed by atoms with Crippen molar-refractivity contribution in [2.75, 3.05) is 12.0 Å². The monoisotopic (exact) mass is 388 g/mol. The third kappa shape index (κ3) is 6.71. The maximum Gasteiger partial charge on any atom is 0.237 e. The molecule has 1 aromatic rings. The molecule has 0 aliphatic rings. The van der Waals surface area contributed by atoms with Crippen LogP contribution in [0.5, 0.6) is 0 Å². The molecule has 0 saturated heterocycles. The van der Waals surface area contributed by atoms with Gasteiger partial charge in [0.25, 0.3) is 0 Å². The van der Waals surface area contributed by atoms with Crippen molar-refractivity contribution in [3.05, 3.63) is 33.8 Å². The molecule has 0 spiro atoms. The van der Waals surface area contributed by atoms with E-state index < -0.39 is 21.8 Å². The Labute approximate surface area is 146 Å². The molecular weight excluding hydrogens is 371 g/mol. The highest BCUT2D eigenvalue weighted by Gasteiger charge is 2.20. The first-order valence-corrected chi connectivity index (χ1v) is 9.11. The molecule has 1 rings (SSSR count). The van der Waals surface area contributed by atoms with Crippen LogP contribution >= 0.6 is 35.6 Å². The van der Waals surface area contributed by atoms with Gasteiger partial charge >= 0.3 is 0 Å². The molecule has 1 aromatic carbocycles. The first-order chi connectivity index (χ1) is 9.61. The lowest BCUT2D eigenvalue weighted by Crippen LogP contribution is -2.42. The summed E-state index contributed by atoms with van der Waals surface area (Å²) in [5.41, 5.74) is 6.36. The zero-order valence-corrected chi connectivity index (χ0v) is 15.3. The molecule has 9 heteroatoms. The Balaban J connectivity index is 0.00000441. The number of carbonyl (C=O) groups is 1. The van der Waals surface area contributed by atoms with Gasteiger partial charge in [-0.05, 0) is 25.0 Å². The van der Waals surface area contributed by atoms with Gasteiger partial charge in [-0.3, -0.25) is 4.79 Å². The lowest BCUT2D eigenvalue weighted by molar-refractivity contribution is -0.123. The topological polar surface area (TPSA) is 89.3 Å². The van der Waals surface area contributed by atoms with Crippen LogP contribution in [0, 0.1) is 0 Å². The van der Waals surface area contributed by atoms with Gasteiger partial charge in [0.1, 0.15) is 9.84 Å². The Morgan fingerprint density at radius 3 is 2.50 bits per heavy atom. The van der Waals surface area contributed by atoms with Crippen LogP contribution in [0.4, 0.5) is 0 Å². The molecule has 0 saturated carbocycles. The van der Waals surface area contributed by atoms with Crippen molar-refractivity contribution in [3.63, 3.8) is 0 Å². The number of nitrogens with two attached hydrogens (primary N) is 1. The quantitative estimate of drug-likeness (QED) is 0.781. The second-order valence-corrected chi connectivity index (χ2v) is 7.94. The average Bonchev–Trinajstić information content (AvgIpc) is 2.38. The first kappa shape index (κ1) is 21.5. The van der Waals surface area contributed by atoms with Crippen LogP contribution in [-0.4, -0.2) is 32.4 Å². The van der Waals surface area contributed by atoms with Gasteiger partial charge in [-0.1, -0.05) is 35.3 Å². The van der Waals surface area contributed by atoms with E-state index >= 15 is 0 Å². The molecule has 0 aliphatic carbocycles. The zero-order valence-electron chi connectivity index (χ0n) is 12.2. The molecule has 0 fully saturated rings. The molecule has 5 nitrogen and oxygen atoms in total. The lowest BCUT2D eigenvalue weighted by atomic mass is 10.1. The highest BCUT2D eigenvalue weighted by molar-refractivity contribution is 7.90. The van der Waals surface area contributed by atoms with Gasteiger partial charge in [-0.25, -0.2) is 8.42 Å². The van der Waals surface area contributed by atoms with Crippen LogP contribution in [0.15, 0.2) is 18.2 Å². The van der Waals surface area contributed by atoms with Crippen molar-refractivity contribution < 1.29 is 13.2 Å². The number of nitrogens with one attached hydrogen (secondary N) is 1. The predicted molar refractivity (Wildman–Crippen MR) is 92.6 cm³/mol. The van der Waals surface area contributed by atoms with E-state index in [4.69, 9.17) is 28.9 Å². The van der Waals surface area contributed by atoms with Gasteiger partial charge in [-0.2, -0.15) is 0 Å². The number of halogens is 3. The van der Waals surface area contributed by atoms with E-state index in [0.29, 0.717) is 15.6 Å². The first-order valence-electron chi connectivity index (χ1n) is 6.29. The minimum atomic E-state index is -3.14. The van der Waals surface area contributed by atoms with E-state index in [1.165, 1.54) is 0 Å². The van der Waals surface area contributed by atoms with E-state index in [-0.39, 0.29) is 30.6 Å². The van der Waals surface area contributed by atoms with Crippen molar-refractivity contribution in [2.24, 2.45) is 5.73 Å². The Hall–Kier alpha value is -0.530. The van der Waals surface area contributed by atoms with Crippen LogP contribution in [0.3, 0.4) is 0 Å². The van der Waals surface area contributed by atoms with Crippen LogP contribution in [0.1, 0.15) is 24.9 Å². The third-order valence-electron chi connectivity index (χ3n) is 2.94. The molecular formula is C13H19Cl3N2O3S. The summed E-state index contributed by atoms with van der Waals surface area (Å²) in [7, 11) is -3.14.